The smallest absolute Gasteiger partial charge is 0.238 e. The molecule has 1 aromatic rings. The Labute approximate surface area is 128 Å². The number of likely N-dealkylation sites (tertiary alicyclic amines) is 1. The fraction of sp³-hybridized carbons (Fsp3) is 0.429. The molecule has 0 aromatic heterocycles. The minimum absolute atomic E-state index is 0.163. The minimum atomic E-state index is -0.192. The number of anilines is 1. The molecule has 20 heavy (non-hydrogen) atoms. The molecule has 1 amide bonds. The number of amides is 1. The molecule has 4 nitrogen and oxygen atoms in total. The van der Waals surface area contributed by atoms with Crippen LogP contribution in [0.1, 0.15) is 19.3 Å². The number of nitrogens with zero attached hydrogens (tertiary/aromatic N) is 1. The van der Waals surface area contributed by atoms with Crippen molar-refractivity contribution in [3.8, 4) is 0 Å². The van der Waals surface area contributed by atoms with Crippen molar-refractivity contribution < 1.29 is 9.59 Å². The molecule has 1 unspecified atom stereocenters. The van der Waals surface area contributed by atoms with Crippen molar-refractivity contribution in [2.75, 3.05) is 18.4 Å². The third-order valence-corrected chi connectivity index (χ3v) is 3.94. The van der Waals surface area contributed by atoms with Gasteiger partial charge in [0.25, 0.3) is 0 Å². The summed E-state index contributed by atoms with van der Waals surface area (Å²) in [6.45, 7) is 0.951. The van der Waals surface area contributed by atoms with E-state index in [9.17, 15) is 9.59 Å². The molecule has 0 aliphatic carbocycles. The van der Waals surface area contributed by atoms with Crippen LogP contribution < -0.4 is 5.32 Å². The standard InChI is InChI=1S/C14H16Cl2N2O2/c15-10-4-5-12(16)13(7-10)17-14(20)8-18-6-2-1-3-11(18)9-19/h4-5,7,9,11H,1-3,6,8H2,(H,17,20). The normalized spacial score (nSPS) is 19.6. The zero-order valence-electron chi connectivity index (χ0n) is 10.9. The van der Waals surface area contributed by atoms with Crippen LogP contribution in [0.4, 0.5) is 5.69 Å². The first kappa shape index (κ1) is 15.3. The Hall–Kier alpha value is -1.10. The van der Waals surface area contributed by atoms with E-state index in [-0.39, 0.29) is 18.5 Å². The molecular weight excluding hydrogens is 299 g/mol. The van der Waals surface area contributed by atoms with E-state index in [2.05, 4.69) is 5.32 Å². The number of halogens is 2. The van der Waals surface area contributed by atoms with E-state index in [0.717, 1.165) is 32.1 Å². The number of hydrogen-bond donors (Lipinski definition) is 1. The first-order chi connectivity index (χ1) is 9.60. The van der Waals surface area contributed by atoms with Crippen molar-refractivity contribution in [1.29, 1.82) is 0 Å². The van der Waals surface area contributed by atoms with Gasteiger partial charge in [-0.2, -0.15) is 0 Å². The third-order valence-electron chi connectivity index (χ3n) is 3.37. The second-order valence-electron chi connectivity index (χ2n) is 4.84. The number of rotatable bonds is 4. The summed E-state index contributed by atoms with van der Waals surface area (Å²) in [5, 5.41) is 3.68. The number of carbonyl (C=O) groups is 2. The summed E-state index contributed by atoms with van der Waals surface area (Å²) < 4.78 is 0. The Morgan fingerprint density at radius 3 is 2.95 bits per heavy atom. The van der Waals surface area contributed by atoms with Gasteiger partial charge >= 0.3 is 0 Å². The average molecular weight is 315 g/mol. The summed E-state index contributed by atoms with van der Waals surface area (Å²) in [5.74, 6) is -0.192. The average Bonchev–Trinajstić information content (AvgIpc) is 2.43. The Morgan fingerprint density at radius 1 is 1.40 bits per heavy atom. The molecule has 1 aliphatic heterocycles. The van der Waals surface area contributed by atoms with E-state index in [0.29, 0.717) is 15.7 Å². The minimum Gasteiger partial charge on any atom is -0.324 e. The molecule has 0 radical (unpaired) electrons. The van der Waals surface area contributed by atoms with Crippen LogP contribution in [0.25, 0.3) is 0 Å². The number of carbonyl (C=O) groups excluding carboxylic acids is 2. The lowest BCUT2D eigenvalue weighted by Gasteiger charge is -2.31. The van der Waals surface area contributed by atoms with E-state index in [1.807, 2.05) is 4.90 Å². The van der Waals surface area contributed by atoms with Gasteiger partial charge in [-0.1, -0.05) is 29.6 Å². The zero-order chi connectivity index (χ0) is 14.5. The molecule has 1 N–H and O–H groups in total. The van der Waals surface area contributed by atoms with Gasteiger partial charge in [0.15, 0.2) is 0 Å². The second kappa shape index (κ2) is 7.07. The van der Waals surface area contributed by atoms with Gasteiger partial charge in [-0.3, -0.25) is 9.69 Å². The topological polar surface area (TPSA) is 49.4 Å². The molecule has 1 fully saturated rings. The Kier molecular flexibility index (Phi) is 5.40. The van der Waals surface area contributed by atoms with Gasteiger partial charge in [0.05, 0.1) is 23.3 Å². The molecule has 1 heterocycles. The maximum Gasteiger partial charge on any atom is 0.238 e. The van der Waals surface area contributed by atoms with E-state index >= 15 is 0 Å². The maximum absolute atomic E-state index is 12.0. The number of hydrogen-bond acceptors (Lipinski definition) is 3. The van der Waals surface area contributed by atoms with Gasteiger partial charge in [-0.15, -0.1) is 0 Å². The van der Waals surface area contributed by atoms with Gasteiger partial charge in [-0.05, 0) is 37.6 Å². The predicted molar refractivity (Wildman–Crippen MR) is 80.4 cm³/mol. The van der Waals surface area contributed by atoms with Crippen LogP contribution in [-0.2, 0) is 9.59 Å². The van der Waals surface area contributed by atoms with Crippen LogP contribution in [0.2, 0.25) is 10.0 Å². The molecule has 0 spiro atoms. The van der Waals surface area contributed by atoms with E-state index in [4.69, 9.17) is 23.2 Å². The molecule has 108 valence electrons. The lowest BCUT2D eigenvalue weighted by Crippen LogP contribution is -2.44. The summed E-state index contributed by atoms with van der Waals surface area (Å²) in [7, 11) is 0. The first-order valence-electron chi connectivity index (χ1n) is 6.54. The van der Waals surface area contributed by atoms with Crippen molar-refractivity contribution in [3.05, 3.63) is 28.2 Å². The third kappa shape index (κ3) is 3.95. The van der Waals surface area contributed by atoms with E-state index in [1.54, 1.807) is 18.2 Å². The van der Waals surface area contributed by atoms with Crippen molar-refractivity contribution in [3.63, 3.8) is 0 Å². The lowest BCUT2D eigenvalue weighted by atomic mass is 10.0. The molecular formula is C14H16Cl2N2O2. The summed E-state index contributed by atoms with van der Waals surface area (Å²) in [6.07, 6.45) is 3.77. The first-order valence-corrected chi connectivity index (χ1v) is 7.30. The van der Waals surface area contributed by atoms with E-state index < -0.39 is 0 Å². The SMILES string of the molecule is O=CC1CCCCN1CC(=O)Nc1cc(Cl)ccc1Cl. The zero-order valence-corrected chi connectivity index (χ0v) is 12.5. The highest BCUT2D eigenvalue weighted by Crippen LogP contribution is 2.25. The second-order valence-corrected chi connectivity index (χ2v) is 5.69. The van der Waals surface area contributed by atoms with Gasteiger partial charge in [0.1, 0.15) is 6.29 Å². The largest absolute Gasteiger partial charge is 0.324 e. The lowest BCUT2D eigenvalue weighted by molar-refractivity contribution is -0.120. The highest BCUT2D eigenvalue weighted by molar-refractivity contribution is 6.35. The molecule has 1 aromatic carbocycles. The molecule has 2 rings (SSSR count). The molecule has 1 atom stereocenters. The van der Waals surface area contributed by atoms with Gasteiger partial charge in [-0.25, -0.2) is 0 Å². The van der Waals surface area contributed by atoms with Gasteiger partial charge in [0, 0.05) is 5.02 Å². The highest BCUT2D eigenvalue weighted by Gasteiger charge is 2.23. The van der Waals surface area contributed by atoms with Crippen LogP contribution >= 0.6 is 23.2 Å². The van der Waals surface area contributed by atoms with Crippen molar-refractivity contribution in [2.24, 2.45) is 0 Å². The molecule has 0 bridgehead atoms. The van der Waals surface area contributed by atoms with Crippen LogP contribution in [0.15, 0.2) is 18.2 Å². The number of benzene rings is 1. The van der Waals surface area contributed by atoms with Crippen LogP contribution in [0.3, 0.4) is 0 Å². The van der Waals surface area contributed by atoms with E-state index in [1.165, 1.54) is 0 Å². The number of aldehydes is 1. The maximum atomic E-state index is 12.0. The van der Waals surface area contributed by atoms with Crippen LogP contribution in [0, 0.1) is 0 Å². The quantitative estimate of drug-likeness (QED) is 0.869. The molecule has 6 heteroatoms. The summed E-state index contributed by atoms with van der Waals surface area (Å²) in [5.41, 5.74) is 0.490. The molecule has 1 saturated heterocycles. The Morgan fingerprint density at radius 2 is 2.20 bits per heavy atom. The monoisotopic (exact) mass is 314 g/mol. The van der Waals surface area contributed by atoms with Gasteiger partial charge < -0.3 is 10.1 Å². The van der Waals surface area contributed by atoms with Gasteiger partial charge in [0.2, 0.25) is 5.91 Å². The number of piperidine rings is 1. The van der Waals surface area contributed by atoms with Crippen molar-refractivity contribution in [2.45, 2.75) is 25.3 Å². The number of nitrogens with one attached hydrogen (secondary N) is 1. The Balaban J connectivity index is 1.98. The summed E-state index contributed by atoms with van der Waals surface area (Å²) in [4.78, 5) is 24.9. The van der Waals surface area contributed by atoms with Crippen molar-refractivity contribution in [1.82, 2.24) is 4.90 Å². The van der Waals surface area contributed by atoms with Crippen LogP contribution in [-0.4, -0.2) is 36.2 Å². The van der Waals surface area contributed by atoms with Crippen molar-refractivity contribution >= 4 is 41.1 Å². The molecule has 0 saturated carbocycles. The molecule has 1 aliphatic rings. The fourth-order valence-electron chi connectivity index (χ4n) is 2.33. The predicted octanol–water partition coefficient (Wildman–Crippen LogP) is 2.99. The summed E-state index contributed by atoms with van der Waals surface area (Å²) in [6, 6.07) is 4.74. The highest BCUT2D eigenvalue weighted by atomic mass is 35.5. The fourth-order valence-corrected chi connectivity index (χ4v) is 2.67. The van der Waals surface area contributed by atoms with Crippen LogP contribution in [0.5, 0.6) is 0 Å². The Bertz CT molecular complexity index is 508. The summed E-state index contributed by atoms with van der Waals surface area (Å²) >= 11 is 11.9.